The fourth-order valence-corrected chi connectivity index (χ4v) is 5.90. The van der Waals surface area contributed by atoms with Crippen molar-refractivity contribution in [2.75, 3.05) is 39.4 Å². The van der Waals surface area contributed by atoms with Gasteiger partial charge < -0.3 is 14.5 Å². The summed E-state index contributed by atoms with van der Waals surface area (Å²) in [4.78, 5) is 35.9. The number of carbonyl (C=O) groups excluding carboxylic acids is 2. The number of likely N-dealkylation sites (tertiary alicyclic amines) is 1. The summed E-state index contributed by atoms with van der Waals surface area (Å²) >= 11 is 0. The minimum Gasteiger partial charge on any atom is -0.378 e. The highest BCUT2D eigenvalue weighted by Gasteiger charge is 2.36. The average Bonchev–Trinajstić information content (AvgIpc) is 2.86. The summed E-state index contributed by atoms with van der Waals surface area (Å²) in [6, 6.07) is 8.07. The van der Waals surface area contributed by atoms with Gasteiger partial charge in [0.25, 0.3) is 5.91 Å². The molecule has 1 aliphatic carbocycles. The van der Waals surface area contributed by atoms with Crippen molar-refractivity contribution in [3.05, 3.63) is 41.1 Å². The molecule has 1 aromatic heterocycles. The molecule has 34 heavy (non-hydrogen) atoms. The Labute approximate surface area is 202 Å². The van der Waals surface area contributed by atoms with Gasteiger partial charge in [0, 0.05) is 43.2 Å². The maximum absolute atomic E-state index is 14.0. The smallest absolute Gasteiger partial charge is 0.254 e. The number of benzene rings is 1. The Kier molecular flexibility index (Phi) is 6.36. The van der Waals surface area contributed by atoms with Gasteiger partial charge in [-0.2, -0.15) is 0 Å². The van der Waals surface area contributed by atoms with Crippen LogP contribution in [0.1, 0.15) is 61.6 Å². The third-order valence-corrected chi connectivity index (χ3v) is 8.15. The largest absolute Gasteiger partial charge is 0.378 e. The molecule has 1 aromatic carbocycles. The molecule has 0 spiro atoms. The van der Waals surface area contributed by atoms with Crippen molar-refractivity contribution in [1.29, 1.82) is 0 Å². The maximum atomic E-state index is 14.0. The number of morpholine rings is 1. The highest BCUT2D eigenvalue weighted by atomic mass is 16.5. The van der Waals surface area contributed by atoms with Gasteiger partial charge in [-0.3, -0.25) is 14.6 Å². The lowest BCUT2D eigenvalue weighted by atomic mass is 9.70. The molecule has 2 fully saturated rings. The predicted molar refractivity (Wildman–Crippen MR) is 133 cm³/mol. The lowest BCUT2D eigenvalue weighted by Gasteiger charge is -2.37. The molecule has 1 atom stereocenters. The third kappa shape index (κ3) is 4.45. The Morgan fingerprint density at radius 3 is 2.38 bits per heavy atom. The van der Waals surface area contributed by atoms with Crippen molar-refractivity contribution in [2.45, 2.75) is 52.9 Å². The number of hydrogen-bond donors (Lipinski definition) is 0. The second-order valence-corrected chi connectivity index (χ2v) is 11.2. The van der Waals surface area contributed by atoms with Gasteiger partial charge in [-0.1, -0.05) is 39.0 Å². The van der Waals surface area contributed by atoms with E-state index in [0.717, 1.165) is 59.8 Å². The average molecular weight is 464 g/mol. The summed E-state index contributed by atoms with van der Waals surface area (Å²) in [6.07, 6.45) is 4.42. The summed E-state index contributed by atoms with van der Waals surface area (Å²) in [5, 5.41) is 0.965. The van der Waals surface area contributed by atoms with Crippen LogP contribution in [0.5, 0.6) is 0 Å². The van der Waals surface area contributed by atoms with E-state index < -0.39 is 0 Å². The Balaban J connectivity index is 1.40. The van der Waals surface area contributed by atoms with E-state index in [0.29, 0.717) is 45.3 Å². The van der Waals surface area contributed by atoms with E-state index in [-0.39, 0.29) is 23.1 Å². The van der Waals surface area contributed by atoms with E-state index in [4.69, 9.17) is 9.72 Å². The van der Waals surface area contributed by atoms with Crippen molar-refractivity contribution >= 4 is 22.7 Å². The van der Waals surface area contributed by atoms with Gasteiger partial charge in [0.2, 0.25) is 5.91 Å². The van der Waals surface area contributed by atoms with Crippen molar-refractivity contribution in [3.8, 4) is 0 Å². The first-order valence-corrected chi connectivity index (χ1v) is 12.9. The molecule has 0 bridgehead atoms. The van der Waals surface area contributed by atoms with Gasteiger partial charge in [-0.25, -0.2) is 0 Å². The first-order valence-electron chi connectivity index (χ1n) is 12.9. The number of para-hydroxylation sites is 1. The minimum absolute atomic E-state index is 0.00974. The van der Waals surface area contributed by atoms with Gasteiger partial charge >= 0.3 is 0 Å². The van der Waals surface area contributed by atoms with Gasteiger partial charge in [0.15, 0.2) is 0 Å². The van der Waals surface area contributed by atoms with Crippen molar-refractivity contribution in [2.24, 2.45) is 17.3 Å². The zero-order chi connectivity index (χ0) is 23.9. The zero-order valence-electron chi connectivity index (χ0n) is 20.8. The number of rotatable bonds is 2. The fourth-order valence-electron chi connectivity index (χ4n) is 5.90. The van der Waals surface area contributed by atoms with Crippen LogP contribution in [0, 0.1) is 17.3 Å². The van der Waals surface area contributed by atoms with Crippen molar-refractivity contribution < 1.29 is 14.3 Å². The SMILES string of the molecule is CC(C)(C)C1CCc2nc3ccccc3c(C(=O)N3CCC(C(=O)N4CCOCC4)CC3)c2C1. The third-order valence-electron chi connectivity index (χ3n) is 8.15. The Morgan fingerprint density at radius 2 is 1.68 bits per heavy atom. The number of nitrogens with zero attached hydrogens (tertiary/aromatic N) is 3. The van der Waals surface area contributed by atoms with Crippen LogP contribution in [0.2, 0.25) is 0 Å². The summed E-state index contributed by atoms with van der Waals surface area (Å²) in [6.45, 7) is 10.8. The van der Waals surface area contributed by atoms with Gasteiger partial charge in [-0.05, 0) is 55.1 Å². The number of amides is 2. The molecular weight excluding hydrogens is 426 g/mol. The minimum atomic E-state index is 0.00974. The second kappa shape index (κ2) is 9.29. The van der Waals surface area contributed by atoms with Crippen molar-refractivity contribution in [1.82, 2.24) is 14.8 Å². The van der Waals surface area contributed by atoms with Crippen LogP contribution < -0.4 is 0 Å². The molecule has 6 nitrogen and oxygen atoms in total. The number of pyridine rings is 1. The molecule has 5 rings (SSSR count). The molecule has 2 aliphatic heterocycles. The van der Waals surface area contributed by atoms with Crippen LogP contribution in [0.3, 0.4) is 0 Å². The first kappa shape index (κ1) is 23.3. The Morgan fingerprint density at radius 1 is 0.971 bits per heavy atom. The molecule has 3 aliphatic rings. The Bertz CT molecular complexity index is 1080. The number of carbonyl (C=O) groups is 2. The van der Waals surface area contributed by atoms with E-state index >= 15 is 0 Å². The molecule has 6 heteroatoms. The lowest BCUT2D eigenvalue weighted by molar-refractivity contribution is -0.141. The van der Waals surface area contributed by atoms with E-state index in [1.54, 1.807) is 0 Å². The van der Waals surface area contributed by atoms with Crippen LogP contribution in [-0.4, -0.2) is 66.0 Å². The van der Waals surface area contributed by atoms with Gasteiger partial charge in [0.05, 0.1) is 24.3 Å². The van der Waals surface area contributed by atoms with Crippen LogP contribution >= 0.6 is 0 Å². The second-order valence-electron chi connectivity index (χ2n) is 11.2. The predicted octanol–water partition coefficient (Wildman–Crippen LogP) is 4.10. The maximum Gasteiger partial charge on any atom is 0.254 e. The summed E-state index contributed by atoms with van der Waals surface area (Å²) < 4.78 is 5.39. The van der Waals surface area contributed by atoms with Crippen LogP contribution in [0.15, 0.2) is 24.3 Å². The quantitative estimate of drug-likeness (QED) is 0.673. The number of fused-ring (bicyclic) bond motifs is 2. The first-order chi connectivity index (χ1) is 16.3. The molecular formula is C28H37N3O3. The monoisotopic (exact) mass is 463 g/mol. The molecule has 0 saturated carbocycles. The molecule has 2 amide bonds. The number of hydrogen-bond acceptors (Lipinski definition) is 4. The number of ether oxygens (including phenoxy) is 1. The van der Waals surface area contributed by atoms with E-state index in [1.165, 1.54) is 0 Å². The normalized spacial score (nSPS) is 22.0. The van der Waals surface area contributed by atoms with Gasteiger partial charge in [0.1, 0.15) is 0 Å². The summed E-state index contributed by atoms with van der Waals surface area (Å²) in [7, 11) is 0. The standard InChI is InChI=1S/C28H37N3O3/c1-28(2,3)20-8-9-24-22(18-20)25(21-6-4-5-7-23(21)29-24)27(33)30-12-10-19(11-13-30)26(32)31-14-16-34-17-15-31/h4-7,19-20H,8-18H2,1-3H3. The topological polar surface area (TPSA) is 62.7 Å². The molecule has 182 valence electrons. The van der Waals surface area contributed by atoms with E-state index in [1.807, 2.05) is 34.1 Å². The summed E-state index contributed by atoms with van der Waals surface area (Å²) in [5.41, 5.74) is 4.21. The number of aromatic nitrogens is 1. The molecule has 3 heterocycles. The molecule has 2 aromatic rings. The van der Waals surface area contributed by atoms with Gasteiger partial charge in [-0.15, -0.1) is 0 Å². The number of piperidine rings is 1. The Hall–Kier alpha value is -2.47. The molecule has 0 radical (unpaired) electrons. The van der Waals surface area contributed by atoms with E-state index in [9.17, 15) is 9.59 Å². The van der Waals surface area contributed by atoms with E-state index in [2.05, 4.69) is 20.8 Å². The summed E-state index contributed by atoms with van der Waals surface area (Å²) in [5.74, 6) is 0.888. The van der Waals surface area contributed by atoms with Crippen LogP contribution in [0.4, 0.5) is 0 Å². The highest BCUT2D eigenvalue weighted by molar-refractivity contribution is 6.07. The number of aryl methyl sites for hydroxylation is 1. The zero-order valence-corrected chi connectivity index (χ0v) is 20.8. The molecule has 1 unspecified atom stereocenters. The van der Waals surface area contributed by atoms with Crippen LogP contribution in [0.25, 0.3) is 10.9 Å². The lowest BCUT2D eigenvalue weighted by Crippen LogP contribution is -2.47. The van der Waals surface area contributed by atoms with Crippen LogP contribution in [-0.2, 0) is 22.4 Å². The highest BCUT2D eigenvalue weighted by Crippen LogP contribution is 2.40. The molecule has 2 saturated heterocycles. The van der Waals surface area contributed by atoms with Crippen molar-refractivity contribution in [3.63, 3.8) is 0 Å². The fraction of sp³-hybridized carbons (Fsp3) is 0.607. The molecule has 0 N–H and O–H groups in total.